The first-order chi connectivity index (χ1) is 8.76. The van der Waals surface area contributed by atoms with Gasteiger partial charge in [0, 0.05) is 18.9 Å². The number of hydrogen-bond acceptors (Lipinski definition) is 4. The number of nitrogens with two attached hydrogens (primary N) is 1. The molecule has 0 saturated carbocycles. The molecular weight excluding hydrogens is 334 g/mol. The van der Waals surface area contributed by atoms with Crippen LogP contribution >= 0.6 is 15.9 Å². The van der Waals surface area contributed by atoms with E-state index in [2.05, 4.69) is 20.9 Å². The van der Waals surface area contributed by atoms with Crippen molar-refractivity contribution < 1.29 is 13.2 Å². The summed E-state index contributed by atoms with van der Waals surface area (Å²) in [6.45, 7) is 2.17. The van der Waals surface area contributed by atoms with E-state index in [0.29, 0.717) is 16.8 Å². The summed E-state index contributed by atoms with van der Waals surface area (Å²) in [4.78, 5) is 17.8. The number of carbonyl (C=O) groups is 1. The largest absolute Gasteiger partial charge is 0.310 e. The van der Waals surface area contributed by atoms with Gasteiger partial charge in [-0.2, -0.15) is 0 Å². The van der Waals surface area contributed by atoms with Crippen molar-refractivity contribution in [1.82, 2.24) is 4.98 Å². The van der Waals surface area contributed by atoms with Gasteiger partial charge in [-0.15, -0.1) is 0 Å². The number of halogens is 1. The van der Waals surface area contributed by atoms with Crippen LogP contribution in [0, 0.1) is 12.8 Å². The lowest BCUT2D eigenvalue weighted by molar-refractivity contribution is -0.117. The fraction of sp³-hybridized carbons (Fsp3) is 0.455. The van der Waals surface area contributed by atoms with E-state index in [4.69, 9.17) is 5.14 Å². The monoisotopic (exact) mass is 347 g/mol. The highest BCUT2D eigenvalue weighted by atomic mass is 79.9. The number of aryl methyl sites for hydroxylation is 1. The predicted molar refractivity (Wildman–Crippen MR) is 75.1 cm³/mol. The lowest BCUT2D eigenvalue weighted by Gasteiger charge is -2.18. The molecule has 0 aliphatic carbocycles. The van der Waals surface area contributed by atoms with Crippen LogP contribution in [-0.4, -0.2) is 31.6 Å². The molecule has 19 heavy (non-hydrogen) atoms. The molecule has 2 heterocycles. The number of amides is 1. The van der Waals surface area contributed by atoms with Gasteiger partial charge in [-0.05, 0) is 35.0 Å². The van der Waals surface area contributed by atoms with Crippen LogP contribution in [0.5, 0.6) is 0 Å². The Kier molecular flexibility index (Phi) is 3.93. The van der Waals surface area contributed by atoms with Crippen LogP contribution in [0.15, 0.2) is 16.7 Å². The first-order valence-corrected chi connectivity index (χ1v) is 8.21. The van der Waals surface area contributed by atoms with Gasteiger partial charge in [0.1, 0.15) is 4.60 Å². The van der Waals surface area contributed by atoms with Crippen LogP contribution in [0.25, 0.3) is 0 Å². The number of aromatic nitrogens is 1. The highest BCUT2D eigenvalue weighted by Crippen LogP contribution is 2.28. The Hall–Kier alpha value is -0.990. The second-order valence-electron chi connectivity index (χ2n) is 4.64. The van der Waals surface area contributed by atoms with Gasteiger partial charge < -0.3 is 4.90 Å². The summed E-state index contributed by atoms with van der Waals surface area (Å²) < 4.78 is 22.9. The van der Waals surface area contributed by atoms with Crippen molar-refractivity contribution in [3.05, 3.63) is 22.4 Å². The lowest BCUT2D eigenvalue weighted by atomic mass is 10.1. The minimum Gasteiger partial charge on any atom is -0.310 e. The molecule has 8 heteroatoms. The molecule has 2 N–H and O–H groups in total. The Morgan fingerprint density at radius 1 is 1.53 bits per heavy atom. The van der Waals surface area contributed by atoms with Crippen molar-refractivity contribution in [3.63, 3.8) is 0 Å². The third-order valence-corrected chi connectivity index (χ3v) is 4.37. The van der Waals surface area contributed by atoms with Gasteiger partial charge >= 0.3 is 0 Å². The first kappa shape index (κ1) is 14.4. The topological polar surface area (TPSA) is 93.4 Å². The van der Waals surface area contributed by atoms with E-state index < -0.39 is 10.0 Å². The van der Waals surface area contributed by atoms with Crippen LogP contribution in [0.1, 0.15) is 12.1 Å². The van der Waals surface area contributed by atoms with Crippen molar-refractivity contribution in [2.45, 2.75) is 13.3 Å². The fourth-order valence-electron chi connectivity index (χ4n) is 2.26. The molecule has 1 aliphatic heterocycles. The third kappa shape index (κ3) is 3.52. The molecule has 1 aromatic heterocycles. The van der Waals surface area contributed by atoms with Gasteiger partial charge in [0.05, 0.1) is 17.1 Å². The maximum atomic E-state index is 12.0. The number of hydrogen-bond donors (Lipinski definition) is 1. The van der Waals surface area contributed by atoms with Gasteiger partial charge in [-0.25, -0.2) is 18.5 Å². The highest BCUT2D eigenvalue weighted by Gasteiger charge is 2.33. The first-order valence-electron chi connectivity index (χ1n) is 5.70. The molecule has 0 bridgehead atoms. The molecule has 0 aromatic carbocycles. The van der Waals surface area contributed by atoms with Crippen LogP contribution in [0.3, 0.4) is 0 Å². The average Bonchev–Trinajstić information content (AvgIpc) is 2.56. The molecule has 0 radical (unpaired) electrons. The molecule has 1 saturated heterocycles. The van der Waals surface area contributed by atoms with Gasteiger partial charge in [0.25, 0.3) is 0 Å². The number of carbonyl (C=O) groups excluding carboxylic acids is 1. The van der Waals surface area contributed by atoms with Crippen LogP contribution in [-0.2, 0) is 14.8 Å². The van der Waals surface area contributed by atoms with E-state index in [9.17, 15) is 13.2 Å². The lowest BCUT2D eigenvalue weighted by Crippen LogP contribution is -2.28. The van der Waals surface area contributed by atoms with E-state index in [-0.39, 0.29) is 24.0 Å². The zero-order chi connectivity index (χ0) is 14.2. The van der Waals surface area contributed by atoms with Gasteiger partial charge in [0.2, 0.25) is 15.9 Å². The van der Waals surface area contributed by atoms with Crippen molar-refractivity contribution in [2.75, 3.05) is 17.2 Å². The van der Waals surface area contributed by atoms with Gasteiger partial charge in [-0.3, -0.25) is 4.79 Å². The summed E-state index contributed by atoms with van der Waals surface area (Å²) in [6.07, 6.45) is 0.200. The Balaban J connectivity index is 2.20. The van der Waals surface area contributed by atoms with Crippen LogP contribution in [0.4, 0.5) is 5.69 Å². The Bertz CT molecular complexity index is 618. The third-order valence-electron chi connectivity index (χ3n) is 2.99. The van der Waals surface area contributed by atoms with Crippen molar-refractivity contribution in [3.8, 4) is 0 Å². The van der Waals surface area contributed by atoms with Crippen molar-refractivity contribution >= 4 is 37.5 Å². The summed E-state index contributed by atoms with van der Waals surface area (Å²) in [7, 11) is -3.56. The van der Waals surface area contributed by atoms with Crippen LogP contribution < -0.4 is 10.0 Å². The summed E-state index contributed by atoms with van der Waals surface area (Å²) in [6, 6.07) is 3.55. The second kappa shape index (κ2) is 5.18. The average molecular weight is 348 g/mol. The van der Waals surface area contributed by atoms with E-state index >= 15 is 0 Å². The predicted octanol–water partition coefficient (Wildman–Crippen LogP) is 0.794. The van der Waals surface area contributed by atoms with E-state index in [1.54, 1.807) is 24.0 Å². The maximum Gasteiger partial charge on any atom is 0.227 e. The molecule has 1 aliphatic rings. The molecule has 1 fully saturated rings. The Labute approximate surface area is 120 Å². The standard InChI is InChI=1S/C11H14BrN3O3S/c1-7-9(2-3-10(12)14-7)15-5-8(4-11(15)16)6-19(13,17)18/h2-3,8H,4-6H2,1H3,(H2,13,17,18). The molecule has 1 unspecified atom stereocenters. The minimum absolute atomic E-state index is 0.0964. The quantitative estimate of drug-likeness (QED) is 0.818. The summed E-state index contributed by atoms with van der Waals surface area (Å²) in [5, 5.41) is 5.02. The van der Waals surface area contributed by atoms with E-state index in [1.807, 2.05) is 0 Å². The zero-order valence-electron chi connectivity index (χ0n) is 10.3. The fourth-order valence-corrected chi connectivity index (χ4v) is 3.54. The van der Waals surface area contributed by atoms with E-state index in [0.717, 1.165) is 5.69 Å². The molecule has 1 aromatic rings. The summed E-state index contributed by atoms with van der Waals surface area (Å²) >= 11 is 3.26. The summed E-state index contributed by atoms with van der Waals surface area (Å²) in [5.74, 6) is -0.524. The van der Waals surface area contributed by atoms with Gasteiger partial charge in [0.15, 0.2) is 0 Å². The molecule has 0 spiro atoms. The molecule has 1 atom stereocenters. The Morgan fingerprint density at radius 3 is 2.79 bits per heavy atom. The van der Waals surface area contributed by atoms with Crippen molar-refractivity contribution in [2.24, 2.45) is 11.1 Å². The SMILES string of the molecule is Cc1nc(Br)ccc1N1CC(CS(N)(=O)=O)CC1=O. The van der Waals surface area contributed by atoms with Gasteiger partial charge in [-0.1, -0.05) is 0 Å². The molecule has 6 nitrogen and oxygen atoms in total. The summed E-state index contributed by atoms with van der Waals surface area (Å²) in [5.41, 5.74) is 1.43. The Morgan fingerprint density at radius 2 is 2.21 bits per heavy atom. The van der Waals surface area contributed by atoms with Crippen LogP contribution in [0.2, 0.25) is 0 Å². The molecular formula is C11H14BrN3O3S. The number of pyridine rings is 1. The molecule has 1 amide bonds. The van der Waals surface area contributed by atoms with E-state index in [1.165, 1.54) is 0 Å². The minimum atomic E-state index is -3.56. The maximum absolute atomic E-state index is 12.0. The van der Waals surface area contributed by atoms with Crippen molar-refractivity contribution in [1.29, 1.82) is 0 Å². The number of anilines is 1. The number of nitrogens with zero attached hydrogens (tertiary/aromatic N) is 2. The molecule has 2 rings (SSSR count). The number of sulfonamides is 1. The second-order valence-corrected chi connectivity index (χ2v) is 7.11. The zero-order valence-corrected chi connectivity index (χ0v) is 12.7. The normalized spacial score (nSPS) is 20.1. The number of rotatable bonds is 3. The highest BCUT2D eigenvalue weighted by molar-refractivity contribution is 9.10. The molecule has 104 valence electrons. The smallest absolute Gasteiger partial charge is 0.227 e. The number of primary sulfonamides is 1.